The molecule has 2 N–H and O–H groups in total. The molecule has 1 aromatic heterocycles. The molecular formula is C17H21F3N4O3. The van der Waals surface area contributed by atoms with Crippen molar-refractivity contribution in [1.82, 2.24) is 20.1 Å². The number of hydrogen-bond donors (Lipinski definition) is 2. The van der Waals surface area contributed by atoms with Gasteiger partial charge >= 0.3 is 12.1 Å². The Morgan fingerprint density at radius 2 is 2.04 bits per heavy atom. The Morgan fingerprint density at radius 3 is 2.56 bits per heavy atom. The fraction of sp³-hybridized carbons (Fsp3) is 0.471. The second-order valence-electron chi connectivity index (χ2n) is 6.60. The lowest BCUT2D eigenvalue weighted by Crippen LogP contribution is -2.54. The summed E-state index contributed by atoms with van der Waals surface area (Å²) in [6.45, 7) is 6.94. The van der Waals surface area contributed by atoms with E-state index in [0.717, 1.165) is 23.0 Å². The molecule has 1 aliphatic heterocycles. The van der Waals surface area contributed by atoms with Gasteiger partial charge in [0.25, 0.3) is 0 Å². The Balaban J connectivity index is 2.52. The van der Waals surface area contributed by atoms with Crippen molar-refractivity contribution in [3.63, 3.8) is 0 Å². The summed E-state index contributed by atoms with van der Waals surface area (Å²) in [6.07, 6.45) is 0.652. The minimum Gasteiger partial charge on any atom is -0.478 e. The number of hydrogen-bond acceptors (Lipinski definition) is 5. The van der Waals surface area contributed by atoms with Gasteiger partial charge in [0, 0.05) is 23.8 Å². The van der Waals surface area contributed by atoms with Crippen LogP contribution in [0.4, 0.5) is 13.2 Å². The molecule has 2 heterocycles. The summed E-state index contributed by atoms with van der Waals surface area (Å²) >= 11 is 0. The average Bonchev–Trinajstić information content (AvgIpc) is 3.00. The summed E-state index contributed by atoms with van der Waals surface area (Å²) in [5, 5.41) is 15.1. The van der Waals surface area contributed by atoms with E-state index in [0.29, 0.717) is 0 Å². The van der Waals surface area contributed by atoms with Gasteiger partial charge in [-0.2, -0.15) is 13.2 Å². The molecule has 1 atom stereocenters. The fourth-order valence-electron chi connectivity index (χ4n) is 2.51. The van der Waals surface area contributed by atoms with Crippen LogP contribution >= 0.6 is 0 Å². The first-order chi connectivity index (χ1) is 12.4. The van der Waals surface area contributed by atoms with Gasteiger partial charge in [-0.1, -0.05) is 13.8 Å². The highest BCUT2D eigenvalue weighted by Gasteiger charge is 2.45. The molecule has 0 aromatic carbocycles. The standard InChI is InChI=1S/C17H21F3N4O3/c1-10(2)16(27-11(3)4)8-12(7-13(22-16)17(18,19)20)15-21-9-24(23-15)6-5-14(25)26/h5-11,22H,1-4H3,(H,25,26). The molecular weight excluding hydrogens is 365 g/mol. The molecule has 0 bridgehead atoms. The van der Waals surface area contributed by atoms with Gasteiger partial charge < -0.3 is 15.2 Å². The summed E-state index contributed by atoms with van der Waals surface area (Å²) in [6, 6.07) is 0. The second kappa shape index (κ2) is 7.55. The predicted molar refractivity (Wildman–Crippen MR) is 92.0 cm³/mol. The number of rotatable bonds is 6. The number of halogens is 3. The van der Waals surface area contributed by atoms with Gasteiger partial charge in [0.2, 0.25) is 0 Å². The SMILES string of the molecule is CC(C)OC1(C(C)C)C=C(c2ncn(C=CC(=O)O)n2)C=C(C(F)(F)F)N1. The normalized spacial score (nSPS) is 20.8. The van der Waals surface area contributed by atoms with Crippen LogP contribution in [-0.2, 0) is 9.53 Å². The van der Waals surface area contributed by atoms with Gasteiger partial charge in [0.1, 0.15) is 12.0 Å². The Bertz CT molecular complexity index is 794. The van der Waals surface area contributed by atoms with Crippen molar-refractivity contribution in [2.45, 2.75) is 45.7 Å². The van der Waals surface area contributed by atoms with E-state index in [1.165, 1.54) is 12.4 Å². The van der Waals surface area contributed by atoms with Crippen LogP contribution in [0.2, 0.25) is 0 Å². The van der Waals surface area contributed by atoms with Crippen LogP contribution in [0.25, 0.3) is 11.8 Å². The van der Waals surface area contributed by atoms with Crippen molar-refractivity contribution in [3.8, 4) is 0 Å². The highest BCUT2D eigenvalue weighted by atomic mass is 19.4. The quantitative estimate of drug-likeness (QED) is 0.731. The number of dihydropyridines is 1. The first kappa shape index (κ1) is 20.7. The zero-order valence-corrected chi connectivity index (χ0v) is 15.3. The number of carbonyl (C=O) groups is 1. The minimum absolute atomic E-state index is 0.0191. The third kappa shape index (κ3) is 4.97. The van der Waals surface area contributed by atoms with Crippen molar-refractivity contribution in [1.29, 1.82) is 0 Å². The summed E-state index contributed by atoms with van der Waals surface area (Å²) < 4.78 is 47.3. The zero-order chi connectivity index (χ0) is 20.4. The van der Waals surface area contributed by atoms with Crippen LogP contribution in [0.15, 0.2) is 30.3 Å². The number of carboxylic acid groups (broad SMARTS) is 1. The first-order valence-corrected chi connectivity index (χ1v) is 8.23. The monoisotopic (exact) mass is 386 g/mol. The zero-order valence-electron chi connectivity index (χ0n) is 15.3. The van der Waals surface area contributed by atoms with Crippen LogP contribution < -0.4 is 5.32 Å². The smallest absolute Gasteiger partial charge is 0.431 e. The van der Waals surface area contributed by atoms with Gasteiger partial charge in [0.15, 0.2) is 11.5 Å². The van der Waals surface area contributed by atoms with E-state index < -0.39 is 23.6 Å². The highest BCUT2D eigenvalue weighted by Crippen LogP contribution is 2.37. The van der Waals surface area contributed by atoms with Gasteiger partial charge in [-0.05, 0) is 26.0 Å². The minimum atomic E-state index is -4.62. The molecule has 1 unspecified atom stereocenters. The number of nitrogens with one attached hydrogen (secondary N) is 1. The molecule has 0 saturated heterocycles. The van der Waals surface area contributed by atoms with Gasteiger partial charge in [-0.25, -0.2) is 14.5 Å². The van der Waals surface area contributed by atoms with E-state index in [1.54, 1.807) is 27.7 Å². The summed E-state index contributed by atoms with van der Waals surface area (Å²) in [7, 11) is 0. The fourth-order valence-corrected chi connectivity index (χ4v) is 2.51. The molecule has 27 heavy (non-hydrogen) atoms. The number of carboxylic acids is 1. The van der Waals surface area contributed by atoms with Gasteiger partial charge in [-0.3, -0.25) is 0 Å². The van der Waals surface area contributed by atoms with E-state index in [9.17, 15) is 18.0 Å². The number of aromatic nitrogens is 3. The number of aliphatic carboxylic acids is 1. The topological polar surface area (TPSA) is 89.3 Å². The number of alkyl halides is 3. The van der Waals surface area contributed by atoms with E-state index in [4.69, 9.17) is 9.84 Å². The van der Waals surface area contributed by atoms with E-state index in [1.807, 2.05) is 0 Å². The predicted octanol–water partition coefficient (Wildman–Crippen LogP) is 3.04. The number of nitrogens with zero attached hydrogens (tertiary/aromatic N) is 3. The molecule has 2 rings (SSSR count). The van der Waals surface area contributed by atoms with Crippen molar-refractivity contribution in [2.24, 2.45) is 5.92 Å². The van der Waals surface area contributed by atoms with E-state index in [2.05, 4.69) is 15.4 Å². The third-order valence-electron chi connectivity index (χ3n) is 3.73. The molecule has 10 heteroatoms. The maximum Gasteiger partial charge on any atom is 0.431 e. The molecule has 7 nitrogen and oxygen atoms in total. The average molecular weight is 386 g/mol. The molecule has 0 aliphatic carbocycles. The molecule has 1 aromatic rings. The van der Waals surface area contributed by atoms with E-state index >= 15 is 0 Å². The molecule has 0 radical (unpaired) electrons. The van der Waals surface area contributed by atoms with Crippen LogP contribution in [0, 0.1) is 5.92 Å². The van der Waals surface area contributed by atoms with Crippen molar-refractivity contribution >= 4 is 17.7 Å². The lowest BCUT2D eigenvalue weighted by atomic mass is 9.92. The first-order valence-electron chi connectivity index (χ1n) is 8.23. The summed E-state index contributed by atoms with van der Waals surface area (Å²) in [5.74, 6) is -1.50. The lowest BCUT2D eigenvalue weighted by molar-refractivity contribution is -0.131. The molecule has 0 saturated carbocycles. The van der Waals surface area contributed by atoms with E-state index in [-0.39, 0.29) is 23.4 Å². The van der Waals surface area contributed by atoms with Crippen molar-refractivity contribution in [2.75, 3.05) is 0 Å². The largest absolute Gasteiger partial charge is 0.478 e. The number of allylic oxidation sites excluding steroid dienone is 3. The van der Waals surface area contributed by atoms with Crippen molar-refractivity contribution < 1.29 is 27.8 Å². The Hall–Kier alpha value is -2.62. The van der Waals surface area contributed by atoms with Crippen LogP contribution in [-0.4, -0.2) is 43.8 Å². The molecule has 0 amide bonds. The van der Waals surface area contributed by atoms with Crippen molar-refractivity contribution in [3.05, 3.63) is 36.1 Å². The molecule has 0 spiro atoms. The molecule has 1 aliphatic rings. The highest BCUT2D eigenvalue weighted by molar-refractivity contribution is 5.83. The van der Waals surface area contributed by atoms with Crippen LogP contribution in [0.1, 0.15) is 33.5 Å². The maximum absolute atomic E-state index is 13.5. The Kier molecular flexibility index (Phi) is 5.79. The lowest BCUT2D eigenvalue weighted by Gasteiger charge is -2.41. The Labute approximate surface area is 154 Å². The van der Waals surface area contributed by atoms with Gasteiger partial charge in [-0.15, -0.1) is 5.10 Å². The van der Waals surface area contributed by atoms with Gasteiger partial charge in [0.05, 0.1) is 6.10 Å². The molecule has 0 fully saturated rings. The number of ether oxygens (including phenoxy) is 1. The van der Waals surface area contributed by atoms with Crippen LogP contribution in [0.3, 0.4) is 0 Å². The maximum atomic E-state index is 13.5. The Morgan fingerprint density at radius 1 is 1.37 bits per heavy atom. The summed E-state index contributed by atoms with van der Waals surface area (Å²) in [5.41, 5.74) is -2.24. The second-order valence-corrected chi connectivity index (χ2v) is 6.60. The summed E-state index contributed by atoms with van der Waals surface area (Å²) in [4.78, 5) is 14.6. The van der Waals surface area contributed by atoms with Crippen LogP contribution in [0.5, 0.6) is 0 Å². The molecule has 148 valence electrons. The third-order valence-corrected chi connectivity index (χ3v) is 3.73.